The van der Waals surface area contributed by atoms with Crippen molar-refractivity contribution < 1.29 is 9.59 Å². The predicted octanol–water partition coefficient (Wildman–Crippen LogP) is 4.68. The third-order valence-corrected chi connectivity index (χ3v) is 6.67. The largest absolute Gasteiger partial charge is 0.329 e. The summed E-state index contributed by atoms with van der Waals surface area (Å²) in [4.78, 5) is 33.6. The molecule has 2 aromatic rings. The monoisotopic (exact) mass is 391 g/mol. The summed E-state index contributed by atoms with van der Waals surface area (Å²) in [5.41, 5.74) is 2.09. The first-order chi connectivity index (χ1) is 14.0. The summed E-state index contributed by atoms with van der Waals surface area (Å²) < 4.78 is 0. The molecule has 2 atom stereocenters. The van der Waals surface area contributed by atoms with Crippen LogP contribution in [0.25, 0.3) is 0 Å². The number of nitrogens with one attached hydrogen (secondary N) is 1. The molecular weight excluding hydrogens is 362 g/mol. The lowest BCUT2D eigenvalue weighted by Gasteiger charge is -2.52. The van der Waals surface area contributed by atoms with E-state index in [-0.39, 0.29) is 17.9 Å². The molecule has 29 heavy (non-hydrogen) atoms. The van der Waals surface area contributed by atoms with Gasteiger partial charge in [-0.1, -0.05) is 38.0 Å². The number of carbonyl (C=O) groups excluding carboxylic acids is 2. The molecule has 2 aliphatic rings. The van der Waals surface area contributed by atoms with Gasteiger partial charge in [0, 0.05) is 17.8 Å². The third kappa shape index (κ3) is 3.22. The zero-order valence-electron chi connectivity index (χ0n) is 17.4. The Morgan fingerprint density at radius 1 is 1.28 bits per heavy atom. The number of pyridine rings is 1. The van der Waals surface area contributed by atoms with Gasteiger partial charge in [0.2, 0.25) is 5.91 Å². The number of carbonyl (C=O) groups is 2. The van der Waals surface area contributed by atoms with Crippen LogP contribution in [0.15, 0.2) is 42.6 Å². The second kappa shape index (κ2) is 7.62. The van der Waals surface area contributed by atoms with Crippen LogP contribution in [0.4, 0.5) is 5.82 Å². The van der Waals surface area contributed by atoms with E-state index in [1.807, 2.05) is 48.2 Å². The number of amides is 2. The molecule has 0 unspecified atom stereocenters. The van der Waals surface area contributed by atoms with Gasteiger partial charge in [0.25, 0.3) is 5.91 Å². The average molecular weight is 392 g/mol. The van der Waals surface area contributed by atoms with Crippen molar-refractivity contribution in [1.29, 1.82) is 0 Å². The molecule has 2 heterocycles. The third-order valence-electron chi connectivity index (χ3n) is 6.67. The minimum atomic E-state index is -0.464. The number of rotatable bonds is 4. The molecule has 0 bridgehead atoms. The van der Waals surface area contributed by atoms with E-state index >= 15 is 0 Å². The standard InChI is InChI=1S/C24H29N3O2/c1-4-17(3)27-23(29)19-10-6-5-9-18(19)21(24(27)12-7-8-13-24)22(28)26-20-15-16(2)11-14-25-20/h5-6,9-11,14-15,17,21H,4,7-8,12-13H2,1-3H3,(H,25,26,28)/t17-,21-/m0/s1. The number of aryl methyl sites for hydroxylation is 1. The minimum Gasteiger partial charge on any atom is -0.329 e. The molecule has 152 valence electrons. The Bertz CT molecular complexity index is 933. The lowest BCUT2D eigenvalue weighted by molar-refractivity contribution is -0.121. The van der Waals surface area contributed by atoms with Crippen LogP contribution in [0.3, 0.4) is 0 Å². The van der Waals surface area contributed by atoms with E-state index in [9.17, 15) is 9.59 Å². The van der Waals surface area contributed by atoms with Gasteiger partial charge >= 0.3 is 0 Å². The Morgan fingerprint density at radius 2 is 2.00 bits per heavy atom. The van der Waals surface area contributed by atoms with E-state index in [1.165, 1.54) is 0 Å². The highest BCUT2D eigenvalue weighted by Crippen LogP contribution is 2.51. The molecule has 2 amide bonds. The fourth-order valence-electron chi connectivity index (χ4n) is 5.23. The van der Waals surface area contributed by atoms with Gasteiger partial charge in [0.05, 0.1) is 11.5 Å². The van der Waals surface area contributed by atoms with E-state index in [0.717, 1.165) is 43.2 Å². The van der Waals surface area contributed by atoms with Crippen molar-refractivity contribution in [3.63, 3.8) is 0 Å². The van der Waals surface area contributed by atoms with Crippen LogP contribution in [0, 0.1) is 6.92 Å². The zero-order chi connectivity index (χ0) is 20.6. The highest BCUT2D eigenvalue weighted by Gasteiger charge is 2.56. The van der Waals surface area contributed by atoms with Gasteiger partial charge in [-0.25, -0.2) is 4.98 Å². The molecule has 1 aromatic heterocycles. The van der Waals surface area contributed by atoms with Crippen molar-refractivity contribution in [2.24, 2.45) is 0 Å². The van der Waals surface area contributed by atoms with Gasteiger partial charge in [-0.3, -0.25) is 9.59 Å². The fraction of sp³-hybridized carbons (Fsp3) is 0.458. The van der Waals surface area contributed by atoms with Crippen LogP contribution < -0.4 is 5.32 Å². The minimum absolute atomic E-state index is 0.0644. The number of hydrogen-bond donors (Lipinski definition) is 1. The van der Waals surface area contributed by atoms with Gasteiger partial charge in [-0.05, 0) is 62.4 Å². The smallest absolute Gasteiger partial charge is 0.254 e. The van der Waals surface area contributed by atoms with Crippen molar-refractivity contribution in [2.75, 3.05) is 5.32 Å². The normalized spacial score (nSPS) is 21.1. The van der Waals surface area contributed by atoms with E-state index in [0.29, 0.717) is 11.4 Å². The van der Waals surface area contributed by atoms with Gasteiger partial charge in [0.1, 0.15) is 5.82 Å². The van der Waals surface area contributed by atoms with E-state index in [4.69, 9.17) is 0 Å². The lowest BCUT2D eigenvalue weighted by atomic mass is 9.70. The Hall–Kier alpha value is -2.69. The first-order valence-electron chi connectivity index (χ1n) is 10.6. The van der Waals surface area contributed by atoms with Gasteiger partial charge in [-0.2, -0.15) is 0 Å². The molecule has 0 radical (unpaired) electrons. The molecule has 1 saturated carbocycles. The van der Waals surface area contributed by atoms with Gasteiger partial charge < -0.3 is 10.2 Å². The Kier molecular flexibility index (Phi) is 5.15. The SMILES string of the molecule is CC[C@H](C)N1C(=O)c2ccccc2[C@@H](C(=O)Nc2cc(C)ccn2)C12CCCC2. The molecule has 1 N–H and O–H groups in total. The summed E-state index contributed by atoms with van der Waals surface area (Å²) in [6.07, 6.45) is 6.36. The maximum atomic E-state index is 13.7. The topological polar surface area (TPSA) is 62.3 Å². The van der Waals surface area contributed by atoms with E-state index < -0.39 is 11.5 Å². The molecule has 5 heteroatoms. The average Bonchev–Trinajstić information content (AvgIpc) is 3.17. The van der Waals surface area contributed by atoms with Crippen LogP contribution in [0.5, 0.6) is 0 Å². The van der Waals surface area contributed by atoms with Crippen molar-refractivity contribution in [3.05, 3.63) is 59.3 Å². The Balaban J connectivity index is 1.83. The summed E-state index contributed by atoms with van der Waals surface area (Å²) in [5.74, 6) is 0.163. The van der Waals surface area contributed by atoms with Crippen LogP contribution in [0.1, 0.15) is 73.4 Å². The number of aromatic nitrogens is 1. The van der Waals surface area contributed by atoms with Crippen LogP contribution in [-0.2, 0) is 4.79 Å². The second-order valence-electron chi connectivity index (χ2n) is 8.47. The number of anilines is 1. The number of benzene rings is 1. The quantitative estimate of drug-likeness (QED) is 0.823. The van der Waals surface area contributed by atoms with E-state index in [1.54, 1.807) is 6.20 Å². The first kappa shape index (κ1) is 19.6. The maximum Gasteiger partial charge on any atom is 0.254 e. The van der Waals surface area contributed by atoms with Gasteiger partial charge in [-0.15, -0.1) is 0 Å². The predicted molar refractivity (Wildman–Crippen MR) is 114 cm³/mol. The van der Waals surface area contributed by atoms with Crippen molar-refractivity contribution in [1.82, 2.24) is 9.88 Å². The second-order valence-corrected chi connectivity index (χ2v) is 8.47. The van der Waals surface area contributed by atoms with Crippen molar-refractivity contribution >= 4 is 17.6 Å². The molecule has 1 aromatic carbocycles. The molecule has 5 nitrogen and oxygen atoms in total. The molecule has 0 saturated heterocycles. The van der Waals surface area contributed by atoms with Crippen LogP contribution in [0.2, 0.25) is 0 Å². The van der Waals surface area contributed by atoms with Gasteiger partial charge in [0.15, 0.2) is 0 Å². The van der Waals surface area contributed by atoms with E-state index in [2.05, 4.69) is 24.1 Å². The Labute approximate surface area is 172 Å². The molecule has 1 aliphatic heterocycles. The lowest BCUT2D eigenvalue weighted by Crippen LogP contribution is -2.62. The summed E-state index contributed by atoms with van der Waals surface area (Å²) in [6.45, 7) is 6.19. The molecule has 1 spiro atoms. The number of nitrogens with zero attached hydrogens (tertiary/aromatic N) is 2. The number of fused-ring (bicyclic) bond motifs is 1. The van der Waals surface area contributed by atoms with Crippen molar-refractivity contribution in [3.8, 4) is 0 Å². The zero-order valence-corrected chi connectivity index (χ0v) is 17.4. The molecule has 1 aliphatic carbocycles. The first-order valence-corrected chi connectivity index (χ1v) is 10.6. The summed E-state index contributed by atoms with van der Waals surface area (Å²) >= 11 is 0. The fourth-order valence-corrected chi connectivity index (χ4v) is 5.23. The van der Waals surface area contributed by atoms with Crippen LogP contribution >= 0.6 is 0 Å². The highest BCUT2D eigenvalue weighted by atomic mass is 16.2. The van der Waals surface area contributed by atoms with Crippen molar-refractivity contribution in [2.45, 2.75) is 70.4 Å². The Morgan fingerprint density at radius 3 is 2.69 bits per heavy atom. The highest BCUT2D eigenvalue weighted by molar-refractivity contribution is 6.05. The maximum absolute atomic E-state index is 13.7. The molecule has 4 rings (SSSR count). The van der Waals surface area contributed by atoms with Crippen LogP contribution in [-0.4, -0.2) is 33.3 Å². The molecule has 1 fully saturated rings. The molecular formula is C24H29N3O2. The summed E-state index contributed by atoms with van der Waals surface area (Å²) in [6, 6.07) is 11.5. The number of hydrogen-bond acceptors (Lipinski definition) is 3. The summed E-state index contributed by atoms with van der Waals surface area (Å²) in [5, 5.41) is 3.05. The summed E-state index contributed by atoms with van der Waals surface area (Å²) in [7, 11) is 0.